The summed E-state index contributed by atoms with van der Waals surface area (Å²) >= 11 is 0. The van der Waals surface area contributed by atoms with E-state index in [1.807, 2.05) is 0 Å². The van der Waals surface area contributed by atoms with Crippen LogP contribution in [0.1, 0.15) is 52.3 Å². The minimum atomic E-state index is 0.170. The highest BCUT2D eigenvalue weighted by atomic mass is 16.5. The molecule has 1 aromatic heterocycles. The van der Waals surface area contributed by atoms with Crippen LogP contribution in [0.15, 0.2) is 4.52 Å². The van der Waals surface area contributed by atoms with Crippen molar-refractivity contribution in [2.45, 2.75) is 59.4 Å². The molecule has 0 radical (unpaired) electrons. The molecular weight excluding hydrogens is 266 g/mol. The van der Waals surface area contributed by atoms with E-state index in [0.717, 1.165) is 57.2 Å². The van der Waals surface area contributed by atoms with Crippen LogP contribution in [0.3, 0.4) is 0 Å². The van der Waals surface area contributed by atoms with Crippen LogP contribution in [0.25, 0.3) is 0 Å². The normalized spacial score (nSPS) is 20.9. The molecular formula is C16H29N3O2. The standard InChI is InChI=1S/C16H29N3O2/c1-5-7-17-13(16(2,3)4)10-15-18-14(19-21-15)9-12-6-8-20-11-12/h12-13,17H,5-11H2,1-4H3. The van der Waals surface area contributed by atoms with Gasteiger partial charge in [-0.3, -0.25) is 0 Å². The van der Waals surface area contributed by atoms with E-state index in [4.69, 9.17) is 9.26 Å². The van der Waals surface area contributed by atoms with Gasteiger partial charge in [0.05, 0.1) is 0 Å². The maximum atomic E-state index is 5.44. The van der Waals surface area contributed by atoms with Gasteiger partial charge in [-0.15, -0.1) is 0 Å². The Hall–Kier alpha value is -0.940. The molecule has 1 fully saturated rings. The molecule has 0 amide bonds. The lowest BCUT2D eigenvalue weighted by atomic mass is 9.84. The van der Waals surface area contributed by atoms with E-state index < -0.39 is 0 Å². The number of ether oxygens (including phenoxy) is 1. The van der Waals surface area contributed by atoms with E-state index in [1.165, 1.54) is 0 Å². The summed E-state index contributed by atoms with van der Waals surface area (Å²) in [6, 6.07) is 0.348. The molecule has 2 atom stereocenters. The van der Waals surface area contributed by atoms with Gasteiger partial charge in [0.15, 0.2) is 5.82 Å². The van der Waals surface area contributed by atoms with Gasteiger partial charge in [-0.2, -0.15) is 4.98 Å². The molecule has 1 aliphatic rings. The van der Waals surface area contributed by atoms with Crippen molar-refractivity contribution in [2.75, 3.05) is 19.8 Å². The van der Waals surface area contributed by atoms with Gasteiger partial charge in [-0.05, 0) is 30.7 Å². The zero-order chi connectivity index (χ0) is 15.3. The van der Waals surface area contributed by atoms with Gasteiger partial charge >= 0.3 is 0 Å². The summed E-state index contributed by atoms with van der Waals surface area (Å²) in [4.78, 5) is 4.56. The largest absolute Gasteiger partial charge is 0.381 e. The third kappa shape index (κ3) is 5.08. The molecule has 0 saturated carbocycles. The molecule has 1 N–H and O–H groups in total. The lowest BCUT2D eigenvalue weighted by molar-refractivity contribution is 0.185. The van der Waals surface area contributed by atoms with E-state index in [1.54, 1.807) is 0 Å². The summed E-state index contributed by atoms with van der Waals surface area (Å²) in [5, 5.41) is 7.72. The molecule has 0 spiro atoms. The molecule has 1 saturated heterocycles. The lowest BCUT2D eigenvalue weighted by Crippen LogP contribution is -2.42. The van der Waals surface area contributed by atoms with Crippen LogP contribution < -0.4 is 5.32 Å². The highest BCUT2D eigenvalue weighted by Gasteiger charge is 2.27. The lowest BCUT2D eigenvalue weighted by Gasteiger charge is -2.30. The van der Waals surface area contributed by atoms with Crippen molar-refractivity contribution in [1.29, 1.82) is 0 Å². The topological polar surface area (TPSA) is 60.2 Å². The first-order valence-electron chi connectivity index (χ1n) is 8.11. The second kappa shape index (κ2) is 7.36. The van der Waals surface area contributed by atoms with Gasteiger partial charge < -0.3 is 14.6 Å². The zero-order valence-corrected chi connectivity index (χ0v) is 13.8. The number of hydrogen-bond acceptors (Lipinski definition) is 5. The summed E-state index contributed by atoms with van der Waals surface area (Å²) in [5.74, 6) is 2.11. The van der Waals surface area contributed by atoms with Crippen molar-refractivity contribution in [3.8, 4) is 0 Å². The molecule has 0 bridgehead atoms. The van der Waals surface area contributed by atoms with E-state index in [-0.39, 0.29) is 5.41 Å². The first-order chi connectivity index (χ1) is 9.99. The van der Waals surface area contributed by atoms with Gasteiger partial charge in [0, 0.05) is 32.1 Å². The molecule has 1 aliphatic heterocycles. The summed E-state index contributed by atoms with van der Waals surface area (Å²) in [6.45, 7) is 11.6. The van der Waals surface area contributed by atoms with Crippen molar-refractivity contribution in [3.63, 3.8) is 0 Å². The SMILES string of the molecule is CCCNC(Cc1nc(CC2CCOC2)no1)C(C)(C)C. The minimum absolute atomic E-state index is 0.170. The van der Waals surface area contributed by atoms with Crippen LogP contribution in [0.4, 0.5) is 0 Å². The maximum Gasteiger partial charge on any atom is 0.228 e. The van der Waals surface area contributed by atoms with Crippen molar-refractivity contribution < 1.29 is 9.26 Å². The molecule has 120 valence electrons. The third-order valence-corrected chi connectivity index (χ3v) is 4.07. The molecule has 21 heavy (non-hydrogen) atoms. The van der Waals surface area contributed by atoms with Gasteiger partial charge in [0.1, 0.15) is 0 Å². The molecule has 1 aromatic rings. The second-order valence-electron chi connectivity index (χ2n) is 7.11. The molecule has 2 heterocycles. The Balaban J connectivity index is 1.92. The van der Waals surface area contributed by atoms with Crippen molar-refractivity contribution in [1.82, 2.24) is 15.5 Å². The zero-order valence-electron chi connectivity index (χ0n) is 13.8. The van der Waals surface area contributed by atoms with E-state index >= 15 is 0 Å². The fourth-order valence-corrected chi connectivity index (χ4v) is 2.64. The highest BCUT2D eigenvalue weighted by Crippen LogP contribution is 2.23. The Labute approximate surface area is 127 Å². The van der Waals surface area contributed by atoms with Gasteiger partial charge in [-0.25, -0.2) is 0 Å². The Bertz CT molecular complexity index is 419. The second-order valence-corrected chi connectivity index (χ2v) is 7.11. The average molecular weight is 295 g/mol. The van der Waals surface area contributed by atoms with Crippen molar-refractivity contribution in [3.05, 3.63) is 11.7 Å². The molecule has 0 aromatic carbocycles. The fraction of sp³-hybridized carbons (Fsp3) is 0.875. The number of rotatable bonds is 7. The maximum absolute atomic E-state index is 5.44. The monoisotopic (exact) mass is 295 g/mol. The number of nitrogens with zero attached hydrogens (tertiary/aromatic N) is 2. The fourth-order valence-electron chi connectivity index (χ4n) is 2.64. The van der Waals surface area contributed by atoms with Crippen LogP contribution in [0.2, 0.25) is 0 Å². The number of hydrogen-bond donors (Lipinski definition) is 1. The number of nitrogens with one attached hydrogen (secondary N) is 1. The number of aromatic nitrogens is 2. The Morgan fingerprint density at radius 2 is 2.19 bits per heavy atom. The predicted molar refractivity (Wildman–Crippen MR) is 82.2 cm³/mol. The summed E-state index contributed by atoms with van der Waals surface area (Å²) < 4.78 is 10.8. The molecule has 5 nitrogen and oxygen atoms in total. The first kappa shape index (κ1) is 16.4. The van der Waals surface area contributed by atoms with E-state index in [2.05, 4.69) is 43.2 Å². The first-order valence-corrected chi connectivity index (χ1v) is 8.11. The van der Waals surface area contributed by atoms with Gasteiger partial charge in [0.2, 0.25) is 5.89 Å². The summed E-state index contributed by atoms with van der Waals surface area (Å²) in [5.41, 5.74) is 0.170. The Kier molecular flexibility index (Phi) is 5.76. The molecule has 2 unspecified atom stereocenters. The Morgan fingerprint density at radius 1 is 1.38 bits per heavy atom. The summed E-state index contributed by atoms with van der Waals surface area (Å²) in [7, 11) is 0. The van der Waals surface area contributed by atoms with Gasteiger partial charge in [0.25, 0.3) is 0 Å². The van der Waals surface area contributed by atoms with Crippen LogP contribution in [0.5, 0.6) is 0 Å². The molecule has 0 aliphatic carbocycles. The van der Waals surface area contributed by atoms with Crippen molar-refractivity contribution in [2.24, 2.45) is 11.3 Å². The van der Waals surface area contributed by atoms with Gasteiger partial charge in [-0.1, -0.05) is 32.9 Å². The predicted octanol–water partition coefficient (Wildman–Crippen LogP) is 2.61. The molecule has 2 rings (SSSR count). The minimum Gasteiger partial charge on any atom is -0.381 e. The summed E-state index contributed by atoms with van der Waals surface area (Å²) in [6.07, 6.45) is 3.89. The highest BCUT2D eigenvalue weighted by molar-refractivity contribution is 4.94. The average Bonchev–Trinajstić information content (AvgIpc) is 3.05. The van der Waals surface area contributed by atoms with Crippen LogP contribution in [0, 0.1) is 11.3 Å². The van der Waals surface area contributed by atoms with Crippen LogP contribution in [-0.2, 0) is 17.6 Å². The molecule has 5 heteroatoms. The smallest absolute Gasteiger partial charge is 0.228 e. The third-order valence-electron chi connectivity index (χ3n) is 4.07. The Morgan fingerprint density at radius 3 is 2.81 bits per heavy atom. The van der Waals surface area contributed by atoms with E-state index in [0.29, 0.717) is 12.0 Å². The van der Waals surface area contributed by atoms with E-state index in [9.17, 15) is 0 Å². The van der Waals surface area contributed by atoms with Crippen LogP contribution >= 0.6 is 0 Å². The van der Waals surface area contributed by atoms with Crippen molar-refractivity contribution >= 4 is 0 Å². The van der Waals surface area contributed by atoms with Crippen LogP contribution in [-0.4, -0.2) is 35.9 Å². The quantitative estimate of drug-likeness (QED) is 0.838.